The van der Waals surface area contributed by atoms with Gasteiger partial charge in [0.15, 0.2) is 0 Å². The zero-order valence-corrected chi connectivity index (χ0v) is 7.15. The predicted molar refractivity (Wildman–Crippen MR) is 43.1 cm³/mol. The number of carbonyl (C=O) groups excluding carboxylic acids is 1. The van der Waals surface area contributed by atoms with Crippen LogP contribution in [0.2, 0.25) is 0 Å². The van der Waals surface area contributed by atoms with E-state index in [0.717, 1.165) is 0 Å². The van der Waals surface area contributed by atoms with Crippen molar-refractivity contribution < 1.29 is 9.90 Å². The molecule has 0 aromatic carbocycles. The van der Waals surface area contributed by atoms with Crippen LogP contribution >= 0.6 is 11.8 Å². The molecule has 60 valence electrons. The lowest BCUT2D eigenvalue weighted by Gasteiger charge is -2.14. The average molecular weight is 163 g/mol. The van der Waals surface area contributed by atoms with Gasteiger partial charge in [-0.2, -0.15) is 11.8 Å². The molecule has 0 heterocycles. The Hall–Kier alpha value is -0.220. The van der Waals surface area contributed by atoms with Crippen LogP contribution in [0.4, 0.5) is 0 Å². The van der Waals surface area contributed by atoms with Crippen LogP contribution in [0.3, 0.4) is 0 Å². The summed E-state index contributed by atoms with van der Waals surface area (Å²) in [6, 6.07) is 0. The molecular weight excluding hydrogens is 150 g/mol. The third-order valence-corrected chi connectivity index (χ3v) is 1.66. The Bertz CT molecular complexity index is 108. The second-order valence-corrected chi connectivity index (χ2v) is 2.84. The fourth-order valence-electron chi connectivity index (χ4n) is 0.508. The number of aliphatic hydroxyl groups excluding tert-OH is 1. The number of likely N-dealkylation sites (N-methyl/N-ethyl adjacent to an activating group) is 1. The minimum absolute atomic E-state index is 0.0383. The number of amides is 1. The molecule has 0 atom stereocenters. The summed E-state index contributed by atoms with van der Waals surface area (Å²) in [6.45, 7) is 0.468. The monoisotopic (exact) mass is 163 g/mol. The van der Waals surface area contributed by atoms with E-state index >= 15 is 0 Å². The Morgan fingerprint density at radius 3 is 2.70 bits per heavy atom. The fraction of sp³-hybridized carbons (Fsp3) is 0.833. The molecule has 1 amide bonds. The van der Waals surface area contributed by atoms with Crippen molar-refractivity contribution in [3.8, 4) is 0 Å². The van der Waals surface area contributed by atoms with Crippen LogP contribution in [0.25, 0.3) is 0 Å². The molecule has 4 heteroatoms. The molecule has 3 nitrogen and oxygen atoms in total. The van der Waals surface area contributed by atoms with E-state index in [1.807, 2.05) is 6.26 Å². The Labute approximate surface area is 65.4 Å². The summed E-state index contributed by atoms with van der Waals surface area (Å²) in [6.07, 6.45) is 1.88. The molecule has 0 fully saturated rings. The molecule has 0 spiro atoms. The smallest absolute Gasteiger partial charge is 0.232 e. The largest absolute Gasteiger partial charge is 0.395 e. The van der Waals surface area contributed by atoms with Gasteiger partial charge in [-0.05, 0) is 6.26 Å². The highest BCUT2D eigenvalue weighted by Crippen LogP contribution is 1.94. The summed E-state index contributed by atoms with van der Waals surface area (Å²) in [5, 5.41) is 8.45. The number of carbonyl (C=O) groups is 1. The van der Waals surface area contributed by atoms with Crippen molar-refractivity contribution >= 4 is 17.7 Å². The third kappa shape index (κ3) is 3.74. The first-order valence-electron chi connectivity index (χ1n) is 3.06. The van der Waals surface area contributed by atoms with Crippen molar-refractivity contribution in [3.05, 3.63) is 0 Å². The van der Waals surface area contributed by atoms with Gasteiger partial charge in [-0.25, -0.2) is 0 Å². The molecule has 0 aliphatic heterocycles. The highest BCUT2D eigenvalue weighted by atomic mass is 32.2. The van der Waals surface area contributed by atoms with Gasteiger partial charge in [0, 0.05) is 13.6 Å². The minimum atomic E-state index is 0.0383. The van der Waals surface area contributed by atoms with Crippen molar-refractivity contribution in [2.24, 2.45) is 0 Å². The van der Waals surface area contributed by atoms with E-state index in [1.54, 1.807) is 7.05 Å². The first-order chi connectivity index (χ1) is 4.72. The summed E-state index contributed by atoms with van der Waals surface area (Å²) >= 11 is 1.49. The molecule has 0 saturated carbocycles. The predicted octanol–water partition coefficient (Wildman–Crippen LogP) is -0.200. The van der Waals surface area contributed by atoms with Gasteiger partial charge >= 0.3 is 0 Å². The summed E-state index contributed by atoms with van der Waals surface area (Å²) in [7, 11) is 1.69. The molecule has 1 N–H and O–H groups in total. The standard InChI is InChI=1S/C6H13NO2S/c1-7(3-4-8)6(9)5-10-2/h8H,3-5H2,1-2H3. The van der Waals surface area contributed by atoms with E-state index in [2.05, 4.69) is 0 Å². The lowest BCUT2D eigenvalue weighted by atomic mass is 10.5. The van der Waals surface area contributed by atoms with Crippen LogP contribution in [0.1, 0.15) is 0 Å². The van der Waals surface area contributed by atoms with Crippen LogP contribution in [0.5, 0.6) is 0 Å². The number of nitrogens with zero attached hydrogens (tertiary/aromatic N) is 1. The number of rotatable bonds is 4. The number of aliphatic hydroxyl groups is 1. The van der Waals surface area contributed by atoms with Crippen molar-refractivity contribution in [2.75, 3.05) is 32.2 Å². The molecule has 0 unspecified atom stereocenters. The second-order valence-electron chi connectivity index (χ2n) is 1.97. The Kier molecular flexibility index (Phi) is 5.43. The lowest BCUT2D eigenvalue weighted by molar-refractivity contribution is -0.127. The van der Waals surface area contributed by atoms with Gasteiger partial charge in [0.05, 0.1) is 12.4 Å². The maximum Gasteiger partial charge on any atom is 0.232 e. The second kappa shape index (κ2) is 5.56. The molecule has 0 radical (unpaired) electrons. The van der Waals surface area contributed by atoms with Crippen LogP contribution in [0.15, 0.2) is 0 Å². The topological polar surface area (TPSA) is 40.5 Å². The molecular formula is C6H13NO2S. The number of hydrogen-bond acceptors (Lipinski definition) is 3. The Balaban J connectivity index is 3.49. The van der Waals surface area contributed by atoms with Crippen LogP contribution in [-0.2, 0) is 4.79 Å². The van der Waals surface area contributed by atoms with E-state index in [-0.39, 0.29) is 12.5 Å². The van der Waals surface area contributed by atoms with Gasteiger partial charge in [-0.3, -0.25) is 4.79 Å². The fourth-order valence-corrected chi connectivity index (χ4v) is 0.976. The Morgan fingerprint density at radius 2 is 2.30 bits per heavy atom. The quantitative estimate of drug-likeness (QED) is 0.624. The highest BCUT2D eigenvalue weighted by Gasteiger charge is 2.04. The van der Waals surface area contributed by atoms with Gasteiger partial charge in [-0.1, -0.05) is 0 Å². The summed E-state index contributed by atoms with van der Waals surface area (Å²) in [5.41, 5.74) is 0. The number of thioether (sulfide) groups is 1. The molecule has 0 aliphatic rings. The van der Waals surface area contributed by atoms with E-state index in [4.69, 9.17) is 5.11 Å². The third-order valence-electron chi connectivity index (χ3n) is 1.13. The zero-order chi connectivity index (χ0) is 7.98. The lowest BCUT2D eigenvalue weighted by Crippen LogP contribution is -2.30. The van der Waals surface area contributed by atoms with Crippen molar-refractivity contribution in [1.82, 2.24) is 4.90 Å². The van der Waals surface area contributed by atoms with E-state index in [0.29, 0.717) is 12.3 Å². The van der Waals surface area contributed by atoms with Crippen LogP contribution < -0.4 is 0 Å². The van der Waals surface area contributed by atoms with Gasteiger partial charge in [-0.15, -0.1) is 0 Å². The first kappa shape index (κ1) is 9.78. The van der Waals surface area contributed by atoms with E-state index in [1.165, 1.54) is 16.7 Å². The van der Waals surface area contributed by atoms with Crippen LogP contribution in [0, 0.1) is 0 Å². The number of hydrogen-bond donors (Lipinski definition) is 1. The average Bonchev–Trinajstić information content (AvgIpc) is 1.89. The summed E-state index contributed by atoms with van der Waals surface area (Å²) < 4.78 is 0. The Morgan fingerprint density at radius 1 is 1.70 bits per heavy atom. The molecule has 10 heavy (non-hydrogen) atoms. The molecule has 0 aromatic heterocycles. The first-order valence-corrected chi connectivity index (χ1v) is 4.45. The SMILES string of the molecule is CSCC(=O)N(C)CCO. The molecule has 0 rings (SSSR count). The van der Waals surface area contributed by atoms with Crippen molar-refractivity contribution in [2.45, 2.75) is 0 Å². The van der Waals surface area contributed by atoms with Gasteiger partial charge in [0.2, 0.25) is 5.91 Å². The summed E-state index contributed by atoms with van der Waals surface area (Å²) in [5.74, 6) is 0.567. The minimum Gasteiger partial charge on any atom is -0.395 e. The normalized spacial score (nSPS) is 9.50. The molecule has 0 aliphatic carbocycles. The van der Waals surface area contributed by atoms with Gasteiger partial charge in [0.1, 0.15) is 0 Å². The van der Waals surface area contributed by atoms with Gasteiger partial charge in [0.25, 0.3) is 0 Å². The maximum absolute atomic E-state index is 10.9. The van der Waals surface area contributed by atoms with E-state index < -0.39 is 0 Å². The molecule has 0 aromatic rings. The molecule has 0 bridgehead atoms. The highest BCUT2D eigenvalue weighted by molar-refractivity contribution is 7.99. The zero-order valence-electron chi connectivity index (χ0n) is 6.33. The summed E-state index contributed by atoms with van der Waals surface area (Å²) in [4.78, 5) is 12.5. The molecule has 0 saturated heterocycles. The van der Waals surface area contributed by atoms with Crippen molar-refractivity contribution in [1.29, 1.82) is 0 Å². The maximum atomic E-state index is 10.9. The van der Waals surface area contributed by atoms with Crippen molar-refractivity contribution in [3.63, 3.8) is 0 Å². The van der Waals surface area contributed by atoms with Gasteiger partial charge < -0.3 is 10.0 Å². The van der Waals surface area contributed by atoms with E-state index in [9.17, 15) is 4.79 Å². The van der Waals surface area contributed by atoms with Crippen LogP contribution in [-0.4, -0.2) is 48.1 Å².